The quantitative estimate of drug-likeness (QED) is 0.599. The van der Waals surface area contributed by atoms with Gasteiger partial charge in [0, 0.05) is 0 Å². The summed E-state index contributed by atoms with van der Waals surface area (Å²) in [5.74, 6) is 1.72. The molecule has 0 aromatic heterocycles. The molecule has 0 spiro atoms. The number of aryl methyl sites for hydroxylation is 2. The van der Waals surface area contributed by atoms with Crippen LogP contribution in [0.5, 0.6) is 23.0 Å². The minimum absolute atomic E-state index is 0.101. The normalized spacial score (nSPS) is 10.2. The Kier molecular flexibility index (Phi) is 5.68. The number of rotatable bonds is 6. The van der Waals surface area contributed by atoms with Crippen LogP contribution in [0.15, 0.2) is 30.3 Å². The largest absolute Gasteiger partial charge is 0.493 e. The average molecular weight is 330 g/mol. The summed E-state index contributed by atoms with van der Waals surface area (Å²) < 4.78 is 21.3. The first-order valence-corrected chi connectivity index (χ1v) is 7.55. The van der Waals surface area contributed by atoms with E-state index < -0.39 is 0 Å². The lowest BCUT2D eigenvalue weighted by Crippen LogP contribution is -2.12. The molecule has 0 saturated heterocycles. The first kappa shape index (κ1) is 17.7. The Morgan fingerprint density at radius 3 is 2.00 bits per heavy atom. The first-order chi connectivity index (χ1) is 11.5. The van der Waals surface area contributed by atoms with Crippen molar-refractivity contribution in [1.82, 2.24) is 0 Å². The third-order valence-corrected chi connectivity index (χ3v) is 3.63. The fourth-order valence-electron chi connectivity index (χ4n) is 2.48. The van der Waals surface area contributed by atoms with Crippen molar-refractivity contribution < 1.29 is 23.7 Å². The van der Waals surface area contributed by atoms with Crippen LogP contribution in [-0.4, -0.2) is 27.3 Å². The van der Waals surface area contributed by atoms with Crippen molar-refractivity contribution in [2.75, 3.05) is 21.3 Å². The number of esters is 1. The number of hydrogen-bond donors (Lipinski definition) is 0. The highest BCUT2D eigenvalue weighted by molar-refractivity contribution is 5.76. The zero-order valence-corrected chi connectivity index (χ0v) is 14.6. The Morgan fingerprint density at radius 1 is 0.875 bits per heavy atom. The number of carbonyl (C=O) groups excluding carboxylic acids is 1. The van der Waals surface area contributed by atoms with Gasteiger partial charge in [0.15, 0.2) is 11.5 Å². The maximum atomic E-state index is 12.2. The lowest BCUT2D eigenvalue weighted by atomic mass is 10.1. The van der Waals surface area contributed by atoms with Gasteiger partial charge >= 0.3 is 5.97 Å². The topological polar surface area (TPSA) is 54.0 Å². The lowest BCUT2D eigenvalue weighted by Gasteiger charge is -2.14. The molecule has 0 saturated carbocycles. The zero-order valence-electron chi connectivity index (χ0n) is 14.6. The molecule has 0 N–H and O–H groups in total. The minimum Gasteiger partial charge on any atom is -0.493 e. The van der Waals surface area contributed by atoms with Crippen molar-refractivity contribution in [3.05, 3.63) is 47.0 Å². The fourth-order valence-corrected chi connectivity index (χ4v) is 2.48. The van der Waals surface area contributed by atoms with Gasteiger partial charge in [-0.15, -0.1) is 0 Å². The summed E-state index contributed by atoms with van der Waals surface area (Å²) >= 11 is 0. The molecule has 0 fully saturated rings. The van der Waals surface area contributed by atoms with Crippen LogP contribution >= 0.6 is 0 Å². The molecule has 5 heteroatoms. The molecular weight excluding hydrogens is 308 g/mol. The van der Waals surface area contributed by atoms with E-state index in [1.807, 2.05) is 26.0 Å². The van der Waals surface area contributed by atoms with E-state index in [1.54, 1.807) is 18.2 Å². The lowest BCUT2D eigenvalue weighted by molar-refractivity contribution is -0.133. The Hall–Kier alpha value is -2.69. The van der Waals surface area contributed by atoms with Gasteiger partial charge in [-0.2, -0.15) is 0 Å². The number of carbonyl (C=O) groups is 1. The Labute approximate surface area is 142 Å². The van der Waals surface area contributed by atoms with E-state index in [4.69, 9.17) is 18.9 Å². The molecule has 0 unspecified atom stereocenters. The second kappa shape index (κ2) is 7.73. The summed E-state index contributed by atoms with van der Waals surface area (Å²) in [6.07, 6.45) is 0.101. The van der Waals surface area contributed by atoms with E-state index in [-0.39, 0.29) is 12.4 Å². The van der Waals surface area contributed by atoms with Gasteiger partial charge in [-0.25, -0.2) is 0 Å². The summed E-state index contributed by atoms with van der Waals surface area (Å²) in [6, 6.07) is 9.17. The van der Waals surface area contributed by atoms with E-state index in [1.165, 1.54) is 21.3 Å². The van der Waals surface area contributed by atoms with Crippen molar-refractivity contribution in [3.63, 3.8) is 0 Å². The second-order valence-electron chi connectivity index (χ2n) is 5.45. The Bertz CT molecular complexity index is 712. The predicted octanol–water partition coefficient (Wildman–Crippen LogP) is 3.48. The molecule has 2 rings (SSSR count). The van der Waals surface area contributed by atoms with Gasteiger partial charge in [0.25, 0.3) is 0 Å². The monoisotopic (exact) mass is 330 g/mol. The molecule has 0 bridgehead atoms. The van der Waals surface area contributed by atoms with Gasteiger partial charge in [-0.1, -0.05) is 17.7 Å². The molecule has 24 heavy (non-hydrogen) atoms. The first-order valence-electron chi connectivity index (χ1n) is 7.55. The number of benzene rings is 2. The van der Waals surface area contributed by atoms with E-state index in [2.05, 4.69) is 0 Å². The van der Waals surface area contributed by atoms with Crippen LogP contribution in [0.4, 0.5) is 0 Å². The van der Waals surface area contributed by atoms with Crippen LogP contribution in [0.3, 0.4) is 0 Å². The average Bonchev–Trinajstić information content (AvgIpc) is 2.56. The van der Waals surface area contributed by atoms with E-state index in [9.17, 15) is 4.79 Å². The van der Waals surface area contributed by atoms with Crippen molar-refractivity contribution >= 4 is 5.97 Å². The molecule has 0 atom stereocenters. The predicted molar refractivity (Wildman–Crippen MR) is 91.4 cm³/mol. The summed E-state index contributed by atoms with van der Waals surface area (Å²) in [6.45, 7) is 3.91. The third kappa shape index (κ3) is 3.98. The number of methoxy groups -OCH3 is 3. The molecule has 5 nitrogen and oxygen atoms in total. The van der Waals surface area contributed by atoms with Gasteiger partial charge in [0.05, 0.1) is 27.8 Å². The van der Waals surface area contributed by atoms with Crippen LogP contribution in [0, 0.1) is 13.8 Å². The van der Waals surface area contributed by atoms with Crippen molar-refractivity contribution in [3.8, 4) is 23.0 Å². The number of ether oxygens (including phenoxy) is 4. The standard InChI is InChI=1S/C19H22O5/c1-12-6-7-15(13(2)8-12)24-18(20)11-14-9-16(21-3)19(23-5)17(10-14)22-4/h6-10H,11H2,1-5H3. The second-order valence-corrected chi connectivity index (χ2v) is 5.45. The van der Waals surface area contributed by atoms with Crippen LogP contribution < -0.4 is 18.9 Å². The molecule has 0 aliphatic carbocycles. The smallest absolute Gasteiger partial charge is 0.315 e. The van der Waals surface area contributed by atoms with Crippen LogP contribution in [-0.2, 0) is 11.2 Å². The molecular formula is C19H22O5. The van der Waals surface area contributed by atoms with Crippen LogP contribution in [0.25, 0.3) is 0 Å². The maximum Gasteiger partial charge on any atom is 0.315 e. The molecule has 0 aliphatic rings. The molecule has 2 aromatic carbocycles. The molecule has 0 heterocycles. The van der Waals surface area contributed by atoms with Gasteiger partial charge in [0.1, 0.15) is 5.75 Å². The third-order valence-electron chi connectivity index (χ3n) is 3.63. The number of hydrogen-bond acceptors (Lipinski definition) is 5. The highest BCUT2D eigenvalue weighted by Crippen LogP contribution is 2.38. The summed E-state index contributed by atoms with van der Waals surface area (Å²) in [5, 5.41) is 0. The maximum absolute atomic E-state index is 12.2. The summed E-state index contributed by atoms with van der Waals surface area (Å²) in [7, 11) is 4.61. The van der Waals surface area contributed by atoms with Crippen molar-refractivity contribution in [2.24, 2.45) is 0 Å². The fraction of sp³-hybridized carbons (Fsp3) is 0.316. The molecule has 0 amide bonds. The van der Waals surface area contributed by atoms with Gasteiger partial charge < -0.3 is 18.9 Å². The Morgan fingerprint density at radius 2 is 1.50 bits per heavy atom. The minimum atomic E-state index is -0.351. The van der Waals surface area contributed by atoms with Gasteiger partial charge in [0.2, 0.25) is 5.75 Å². The van der Waals surface area contributed by atoms with E-state index >= 15 is 0 Å². The van der Waals surface area contributed by atoms with Crippen LogP contribution in [0.1, 0.15) is 16.7 Å². The molecule has 0 radical (unpaired) electrons. The summed E-state index contributed by atoms with van der Waals surface area (Å²) in [5.41, 5.74) is 2.77. The molecule has 0 aliphatic heterocycles. The molecule has 128 valence electrons. The van der Waals surface area contributed by atoms with E-state index in [0.29, 0.717) is 23.0 Å². The van der Waals surface area contributed by atoms with Crippen molar-refractivity contribution in [1.29, 1.82) is 0 Å². The van der Waals surface area contributed by atoms with Crippen molar-refractivity contribution in [2.45, 2.75) is 20.3 Å². The van der Waals surface area contributed by atoms with Crippen LogP contribution in [0.2, 0.25) is 0 Å². The van der Waals surface area contributed by atoms with Gasteiger partial charge in [-0.3, -0.25) is 4.79 Å². The summed E-state index contributed by atoms with van der Waals surface area (Å²) in [4.78, 5) is 12.2. The SMILES string of the molecule is COc1cc(CC(=O)Oc2ccc(C)cc2C)cc(OC)c1OC. The van der Waals surface area contributed by atoms with E-state index in [0.717, 1.165) is 16.7 Å². The van der Waals surface area contributed by atoms with Gasteiger partial charge in [-0.05, 0) is 43.2 Å². The highest BCUT2D eigenvalue weighted by Gasteiger charge is 2.16. The highest BCUT2D eigenvalue weighted by atomic mass is 16.5. The Balaban J connectivity index is 2.19. The molecule has 2 aromatic rings. The zero-order chi connectivity index (χ0) is 17.7.